The van der Waals surface area contributed by atoms with Gasteiger partial charge in [0.05, 0.1) is 31.8 Å². The molecule has 0 radical (unpaired) electrons. The van der Waals surface area contributed by atoms with Crippen molar-refractivity contribution < 1.29 is 19.4 Å². The number of benzene rings is 2. The Hall–Kier alpha value is -3.40. The summed E-state index contributed by atoms with van der Waals surface area (Å²) >= 11 is 0. The van der Waals surface area contributed by atoms with Gasteiger partial charge in [-0.3, -0.25) is 4.79 Å². The van der Waals surface area contributed by atoms with Crippen molar-refractivity contribution in [3.8, 4) is 17.0 Å². The molecule has 2 aliphatic rings. The fourth-order valence-electron chi connectivity index (χ4n) is 6.44. The number of anilines is 1. The van der Waals surface area contributed by atoms with Crippen LogP contribution in [0.1, 0.15) is 61.1 Å². The Morgan fingerprint density at radius 2 is 2.05 bits per heavy atom. The predicted molar refractivity (Wildman–Crippen MR) is 165 cm³/mol. The standard InChI is InChI=1S/C33H45N5O4/c1-4-42-22-33(40)16-9-8-12-29(33)38-23-36-30(31(38)25-10-6-5-7-11-25)32(39)37-19-18-34-21-26(37)15-17-35-28-14-13-27(41-3)20-24(28)2/h5-7,10-11,13-14,20,23,26,29,34-35,40H,4,8-9,12,15-19,21-22H2,1-3H3/t26-,29-,33-/m1/s1. The van der Waals surface area contributed by atoms with E-state index in [0.717, 1.165) is 73.6 Å². The van der Waals surface area contributed by atoms with Crippen molar-refractivity contribution in [3.63, 3.8) is 0 Å². The van der Waals surface area contributed by atoms with Gasteiger partial charge < -0.3 is 34.7 Å². The maximum atomic E-state index is 14.3. The predicted octanol–water partition coefficient (Wildman–Crippen LogP) is 4.67. The van der Waals surface area contributed by atoms with Crippen molar-refractivity contribution in [2.24, 2.45) is 0 Å². The van der Waals surface area contributed by atoms with Crippen LogP contribution in [0, 0.1) is 6.92 Å². The Morgan fingerprint density at radius 3 is 2.81 bits per heavy atom. The molecule has 226 valence electrons. The van der Waals surface area contributed by atoms with Gasteiger partial charge in [-0.2, -0.15) is 0 Å². The van der Waals surface area contributed by atoms with Gasteiger partial charge in [0.15, 0.2) is 5.69 Å². The lowest BCUT2D eigenvalue weighted by Crippen LogP contribution is -2.54. The van der Waals surface area contributed by atoms with Crippen molar-refractivity contribution in [1.82, 2.24) is 19.8 Å². The van der Waals surface area contributed by atoms with E-state index in [-0.39, 0.29) is 24.6 Å². The SMILES string of the molecule is CCOC[C@]1(O)CCCC[C@H]1n1cnc(C(=O)N2CCNC[C@H]2CCNc2ccc(OC)cc2C)c1-c1ccccc1. The van der Waals surface area contributed by atoms with E-state index >= 15 is 0 Å². The molecule has 1 amide bonds. The van der Waals surface area contributed by atoms with Crippen LogP contribution in [-0.2, 0) is 4.74 Å². The van der Waals surface area contributed by atoms with Gasteiger partial charge in [-0.05, 0) is 56.9 Å². The second kappa shape index (κ2) is 13.7. The number of nitrogens with zero attached hydrogens (tertiary/aromatic N) is 3. The number of piperazine rings is 1. The largest absolute Gasteiger partial charge is 0.497 e. The number of carbonyl (C=O) groups excluding carboxylic acids is 1. The minimum absolute atomic E-state index is 0.0237. The zero-order chi connectivity index (χ0) is 29.5. The molecule has 1 aliphatic carbocycles. The molecule has 0 bridgehead atoms. The van der Waals surface area contributed by atoms with Crippen LogP contribution in [0.4, 0.5) is 5.69 Å². The molecule has 3 aromatic rings. The first-order valence-corrected chi connectivity index (χ1v) is 15.3. The highest BCUT2D eigenvalue weighted by Crippen LogP contribution is 2.41. The van der Waals surface area contributed by atoms with E-state index in [1.165, 1.54) is 0 Å². The van der Waals surface area contributed by atoms with Gasteiger partial charge in [0.25, 0.3) is 5.91 Å². The Balaban J connectivity index is 1.40. The highest BCUT2D eigenvalue weighted by Gasteiger charge is 2.42. The zero-order valence-electron chi connectivity index (χ0n) is 25.1. The van der Waals surface area contributed by atoms with Crippen molar-refractivity contribution in [3.05, 3.63) is 66.1 Å². The van der Waals surface area contributed by atoms with E-state index in [4.69, 9.17) is 14.5 Å². The molecular weight excluding hydrogens is 530 g/mol. The van der Waals surface area contributed by atoms with E-state index in [1.807, 2.05) is 64.9 Å². The van der Waals surface area contributed by atoms with Gasteiger partial charge >= 0.3 is 0 Å². The number of hydrogen-bond donors (Lipinski definition) is 3. The molecule has 9 heteroatoms. The van der Waals surface area contributed by atoms with Crippen LogP contribution in [0.15, 0.2) is 54.9 Å². The number of amides is 1. The van der Waals surface area contributed by atoms with Crippen LogP contribution in [-0.4, -0.2) is 83.6 Å². The number of hydrogen-bond acceptors (Lipinski definition) is 7. The van der Waals surface area contributed by atoms with Crippen LogP contribution in [0.2, 0.25) is 0 Å². The summed E-state index contributed by atoms with van der Waals surface area (Å²) in [5.41, 5.74) is 3.31. The molecule has 1 aromatic heterocycles. The number of methoxy groups -OCH3 is 1. The van der Waals surface area contributed by atoms with Gasteiger partial charge in [0, 0.05) is 50.1 Å². The fourth-order valence-corrected chi connectivity index (χ4v) is 6.44. The van der Waals surface area contributed by atoms with Crippen LogP contribution in [0.5, 0.6) is 5.75 Å². The summed E-state index contributed by atoms with van der Waals surface area (Å²) in [6.45, 7) is 7.64. The number of aromatic nitrogens is 2. The lowest BCUT2D eigenvalue weighted by molar-refractivity contribution is -0.0972. The number of carbonyl (C=O) groups is 1. The number of aliphatic hydroxyl groups is 1. The highest BCUT2D eigenvalue weighted by molar-refractivity contribution is 5.98. The third-order valence-electron chi connectivity index (χ3n) is 8.73. The Bertz CT molecular complexity index is 1330. The third kappa shape index (κ3) is 6.48. The molecule has 0 unspecified atom stereocenters. The maximum Gasteiger partial charge on any atom is 0.275 e. The molecule has 42 heavy (non-hydrogen) atoms. The van der Waals surface area contributed by atoms with Gasteiger partial charge in [0.2, 0.25) is 0 Å². The summed E-state index contributed by atoms with van der Waals surface area (Å²) in [7, 11) is 1.67. The van der Waals surface area contributed by atoms with Crippen molar-refractivity contribution in [2.75, 3.05) is 51.8 Å². The number of rotatable bonds is 11. The molecule has 2 heterocycles. The first-order chi connectivity index (χ1) is 20.4. The average molecular weight is 576 g/mol. The molecule has 2 fully saturated rings. The van der Waals surface area contributed by atoms with E-state index in [1.54, 1.807) is 13.4 Å². The summed E-state index contributed by atoms with van der Waals surface area (Å²) < 4.78 is 13.1. The second-order valence-corrected chi connectivity index (χ2v) is 11.5. The Kier molecular flexibility index (Phi) is 9.82. The molecule has 3 atom stereocenters. The first kappa shape index (κ1) is 30.1. The summed E-state index contributed by atoms with van der Waals surface area (Å²) in [6, 6.07) is 15.8. The Morgan fingerprint density at radius 1 is 1.21 bits per heavy atom. The second-order valence-electron chi connectivity index (χ2n) is 11.5. The molecule has 5 rings (SSSR count). The van der Waals surface area contributed by atoms with E-state index in [2.05, 4.69) is 17.6 Å². The van der Waals surface area contributed by atoms with Gasteiger partial charge in [-0.1, -0.05) is 43.2 Å². The number of nitrogens with one attached hydrogen (secondary N) is 2. The van der Waals surface area contributed by atoms with Crippen molar-refractivity contribution in [1.29, 1.82) is 0 Å². The van der Waals surface area contributed by atoms with E-state index in [9.17, 15) is 9.90 Å². The Labute approximate surface area is 249 Å². The summed E-state index contributed by atoms with van der Waals surface area (Å²) in [5.74, 6) is 0.772. The average Bonchev–Trinajstić information content (AvgIpc) is 3.46. The van der Waals surface area contributed by atoms with Gasteiger partial charge in [0.1, 0.15) is 11.4 Å². The molecule has 0 spiro atoms. The number of aryl methyl sites for hydroxylation is 1. The molecule has 2 aromatic carbocycles. The molecule has 1 aliphatic heterocycles. The molecule has 9 nitrogen and oxygen atoms in total. The number of imidazole rings is 1. The fraction of sp³-hybridized carbons (Fsp3) is 0.515. The zero-order valence-corrected chi connectivity index (χ0v) is 25.1. The third-order valence-corrected chi connectivity index (χ3v) is 8.73. The minimum atomic E-state index is -1.01. The molecule has 1 saturated carbocycles. The van der Waals surface area contributed by atoms with Gasteiger partial charge in [-0.25, -0.2) is 4.98 Å². The maximum absolute atomic E-state index is 14.3. The topological polar surface area (TPSA) is 101 Å². The van der Waals surface area contributed by atoms with E-state index < -0.39 is 5.60 Å². The molecular formula is C33H45N5O4. The van der Waals surface area contributed by atoms with E-state index in [0.29, 0.717) is 25.3 Å². The lowest BCUT2D eigenvalue weighted by Gasteiger charge is -2.41. The minimum Gasteiger partial charge on any atom is -0.497 e. The smallest absolute Gasteiger partial charge is 0.275 e. The normalized spacial score (nSPS) is 22.6. The van der Waals surface area contributed by atoms with Crippen LogP contribution in [0.25, 0.3) is 11.3 Å². The summed E-state index contributed by atoms with van der Waals surface area (Å²) in [4.78, 5) is 21.0. The quantitative estimate of drug-likeness (QED) is 0.306. The van der Waals surface area contributed by atoms with Gasteiger partial charge in [-0.15, -0.1) is 0 Å². The summed E-state index contributed by atoms with van der Waals surface area (Å²) in [5, 5.41) is 18.8. The first-order valence-electron chi connectivity index (χ1n) is 15.3. The summed E-state index contributed by atoms with van der Waals surface area (Å²) in [6.07, 6.45) is 5.98. The lowest BCUT2D eigenvalue weighted by atomic mass is 9.80. The molecule has 1 saturated heterocycles. The monoisotopic (exact) mass is 575 g/mol. The van der Waals surface area contributed by atoms with Crippen LogP contribution < -0.4 is 15.4 Å². The van der Waals surface area contributed by atoms with Crippen molar-refractivity contribution >= 4 is 11.6 Å². The van der Waals surface area contributed by atoms with Crippen molar-refractivity contribution in [2.45, 2.75) is 63.6 Å². The number of ether oxygens (including phenoxy) is 2. The molecule has 3 N–H and O–H groups in total. The highest BCUT2D eigenvalue weighted by atomic mass is 16.5. The van der Waals surface area contributed by atoms with Crippen LogP contribution in [0.3, 0.4) is 0 Å². The van der Waals surface area contributed by atoms with Crippen LogP contribution >= 0.6 is 0 Å².